The molecule has 0 atom stereocenters. The molecule has 0 spiro atoms. The minimum Gasteiger partial charge on any atom is -0.337 e. The number of carbonyl (C=O) groups is 1. The fourth-order valence-corrected chi connectivity index (χ4v) is 2.37. The van der Waals surface area contributed by atoms with Gasteiger partial charge in [-0.3, -0.25) is 0 Å². The Morgan fingerprint density at radius 2 is 1.55 bits per heavy atom. The second-order valence-electron chi connectivity index (χ2n) is 4.95. The first-order chi connectivity index (χ1) is 10.4. The van der Waals surface area contributed by atoms with Gasteiger partial charge in [-0.1, -0.05) is 42.5 Å². The summed E-state index contributed by atoms with van der Waals surface area (Å²) in [4.78, 5) is 11.6. The van der Waals surface area contributed by atoms with Gasteiger partial charge in [0.1, 0.15) is 9.84 Å². The zero-order valence-corrected chi connectivity index (χ0v) is 13.1. The molecule has 0 unspecified atom stereocenters. The third-order valence-corrected chi connectivity index (χ3v) is 3.95. The topological polar surface area (TPSA) is 75.3 Å². The quantitative estimate of drug-likeness (QED) is 0.889. The SMILES string of the molecule is CS(=O)(=O)CCNC(=O)Nc1ccc(-c2ccccc2)cc1. The first kappa shape index (κ1) is 16.0. The van der Waals surface area contributed by atoms with E-state index in [0.717, 1.165) is 17.4 Å². The van der Waals surface area contributed by atoms with Crippen molar-refractivity contribution in [3.05, 3.63) is 54.6 Å². The lowest BCUT2D eigenvalue weighted by molar-refractivity contribution is 0.252. The molecule has 0 radical (unpaired) electrons. The highest BCUT2D eigenvalue weighted by atomic mass is 32.2. The predicted octanol–water partition coefficient (Wildman–Crippen LogP) is 2.52. The van der Waals surface area contributed by atoms with Crippen LogP contribution in [0.15, 0.2) is 54.6 Å². The van der Waals surface area contributed by atoms with Crippen molar-refractivity contribution >= 4 is 21.6 Å². The molecule has 2 aromatic rings. The van der Waals surface area contributed by atoms with Gasteiger partial charge < -0.3 is 10.6 Å². The Kier molecular flexibility index (Phi) is 5.16. The average molecular weight is 318 g/mol. The van der Waals surface area contributed by atoms with Crippen LogP contribution >= 0.6 is 0 Å². The molecule has 0 aromatic heterocycles. The van der Waals surface area contributed by atoms with Crippen LogP contribution in [0.4, 0.5) is 10.5 Å². The van der Waals surface area contributed by atoms with Crippen molar-refractivity contribution in [2.45, 2.75) is 0 Å². The number of rotatable bonds is 5. The molecule has 116 valence electrons. The molecular formula is C16H18N2O3S. The zero-order chi connectivity index (χ0) is 16.0. The summed E-state index contributed by atoms with van der Waals surface area (Å²) in [5.74, 6) is -0.0760. The molecule has 2 rings (SSSR count). The van der Waals surface area contributed by atoms with Crippen LogP contribution in [0.2, 0.25) is 0 Å². The van der Waals surface area contributed by atoms with E-state index in [4.69, 9.17) is 0 Å². The third kappa shape index (κ3) is 5.21. The molecule has 6 heteroatoms. The Balaban J connectivity index is 1.90. The molecule has 0 fully saturated rings. The van der Waals surface area contributed by atoms with E-state index in [1.165, 1.54) is 0 Å². The fourth-order valence-electron chi connectivity index (χ4n) is 1.90. The molecule has 0 aliphatic heterocycles. The van der Waals surface area contributed by atoms with Gasteiger partial charge in [-0.05, 0) is 23.3 Å². The van der Waals surface area contributed by atoms with Crippen molar-refractivity contribution in [2.24, 2.45) is 0 Å². The normalized spacial score (nSPS) is 11.0. The van der Waals surface area contributed by atoms with E-state index in [1.807, 2.05) is 42.5 Å². The standard InChI is InChI=1S/C16H18N2O3S/c1-22(20,21)12-11-17-16(19)18-15-9-7-14(8-10-15)13-5-3-2-4-6-13/h2-10H,11-12H2,1H3,(H2,17,18,19). The number of sulfone groups is 1. The smallest absolute Gasteiger partial charge is 0.319 e. The van der Waals surface area contributed by atoms with Gasteiger partial charge in [0.15, 0.2) is 0 Å². The molecule has 0 aliphatic rings. The van der Waals surface area contributed by atoms with Gasteiger partial charge in [-0.2, -0.15) is 0 Å². The highest BCUT2D eigenvalue weighted by Gasteiger charge is 2.05. The molecule has 0 saturated carbocycles. The summed E-state index contributed by atoms with van der Waals surface area (Å²) in [6.45, 7) is 0.0900. The van der Waals surface area contributed by atoms with Gasteiger partial charge in [-0.25, -0.2) is 13.2 Å². The highest BCUT2D eigenvalue weighted by Crippen LogP contribution is 2.20. The largest absolute Gasteiger partial charge is 0.337 e. The monoisotopic (exact) mass is 318 g/mol. The maximum Gasteiger partial charge on any atom is 0.319 e. The van der Waals surface area contributed by atoms with Gasteiger partial charge in [0.2, 0.25) is 0 Å². The lowest BCUT2D eigenvalue weighted by Crippen LogP contribution is -2.32. The summed E-state index contributed by atoms with van der Waals surface area (Å²) in [7, 11) is -3.07. The van der Waals surface area contributed by atoms with E-state index in [9.17, 15) is 13.2 Å². The number of nitrogens with one attached hydrogen (secondary N) is 2. The van der Waals surface area contributed by atoms with Crippen molar-refractivity contribution < 1.29 is 13.2 Å². The zero-order valence-electron chi connectivity index (χ0n) is 12.2. The minimum atomic E-state index is -3.07. The van der Waals surface area contributed by atoms with Crippen molar-refractivity contribution in [1.29, 1.82) is 0 Å². The molecule has 22 heavy (non-hydrogen) atoms. The van der Waals surface area contributed by atoms with Gasteiger partial charge in [0, 0.05) is 18.5 Å². The maximum absolute atomic E-state index is 11.6. The Morgan fingerprint density at radius 3 is 2.14 bits per heavy atom. The van der Waals surface area contributed by atoms with Crippen LogP contribution in [-0.4, -0.2) is 33.0 Å². The Bertz CT molecular complexity index is 726. The molecule has 0 bridgehead atoms. The molecule has 2 aromatic carbocycles. The molecule has 0 heterocycles. The van der Waals surface area contributed by atoms with E-state index in [-0.39, 0.29) is 12.3 Å². The lowest BCUT2D eigenvalue weighted by Gasteiger charge is -2.08. The van der Waals surface area contributed by atoms with Crippen LogP contribution < -0.4 is 10.6 Å². The van der Waals surface area contributed by atoms with Crippen molar-refractivity contribution in [3.8, 4) is 11.1 Å². The summed E-state index contributed by atoms with van der Waals surface area (Å²) >= 11 is 0. The second-order valence-corrected chi connectivity index (χ2v) is 7.21. The fraction of sp³-hybridized carbons (Fsp3) is 0.188. The van der Waals surface area contributed by atoms with E-state index < -0.39 is 15.9 Å². The minimum absolute atomic E-state index is 0.0760. The molecule has 0 saturated heterocycles. The van der Waals surface area contributed by atoms with E-state index in [0.29, 0.717) is 5.69 Å². The number of hydrogen-bond donors (Lipinski definition) is 2. The van der Waals surface area contributed by atoms with Gasteiger partial charge >= 0.3 is 6.03 Å². The summed E-state index contributed by atoms with van der Waals surface area (Å²) in [6, 6.07) is 16.9. The number of anilines is 1. The Labute approximate surface area is 130 Å². The van der Waals surface area contributed by atoms with Crippen molar-refractivity contribution in [1.82, 2.24) is 5.32 Å². The molecule has 0 aliphatic carbocycles. The first-order valence-corrected chi connectivity index (χ1v) is 8.88. The van der Waals surface area contributed by atoms with Crippen LogP contribution in [0, 0.1) is 0 Å². The maximum atomic E-state index is 11.6. The molecule has 2 N–H and O–H groups in total. The van der Waals surface area contributed by atoms with E-state index in [2.05, 4.69) is 10.6 Å². The van der Waals surface area contributed by atoms with Gasteiger partial charge in [0.05, 0.1) is 5.75 Å². The van der Waals surface area contributed by atoms with Crippen molar-refractivity contribution in [3.63, 3.8) is 0 Å². The number of urea groups is 1. The third-order valence-electron chi connectivity index (χ3n) is 3.01. The molecule has 5 nitrogen and oxygen atoms in total. The molecular weight excluding hydrogens is 300 g/mol. The van der Waals surface area contributed by atoms with Crippen molar-refractivity contribution in [2.75, 3.05) is 23.9 Å². The summed E-state index contributed by atoms with van der Waals surface area (Å²) < 4.78 is 21.9. The molecule has 2 amide bonds. The van der Waals surface area contributed by atoms with Crippen LogP contribution in [0.5, 0.6) is 0 Å². The summed E-state index contributed by atoms with van der Waals surface area (Å²) in [5, 5.41) is 5.17. The average Bonchev–Trinajstić information content (AvgIpc) is 2.47. The van der Waals surface area contributed by atoms with Gasteiger partial charge in [-0.15, -0.1) is 0 Å². The van der Waals surface area contributed by atoms with Crippen LogP contribution in [0.3, 0.4) is 0 Å². The Morgan fingerprint density at radius 1 is 0.955 bits per heavy atom. The Hall–Kier alpha value is -2.34. The first-order valence-electron chi connectivity index (χ1n) is 6.82. The van der Waals surface area contributed by atoms with Crippen LogP contribution in [0.25, 0.3) is 11.1 Å². The number of hydrogen-bond acceptors (Lipinski definition) is 3. The predicted molar refractivity (Wildman–Crippen MR) is 88.6 cm³/mol. The number of benzene rings is 2. The number of amides is 2. The number of carbonyl (C=O) groups excluding carboxylic acids is 1. The van der Waals surface area contributed by atoms with E-state index >= 15 is 0 Å². The highest BCUT2D eigenvalue weighted by molar-refractivity contribution is 7.90. The lowest BCUT2D eigenvalue weighted by atomic mass is 10.1. The second kappa shape index (κ2) is 7.09. The summed E-state index contributed by atoms with van der Waals surface area (Å²) in [6.07, 6.45) is 1.13. The summed E-state index contributed by atoms with van der Waals surface area (Å²) in [5.41, 5.74) is 2.81. The van der Waals surface area contributed by atoms with Crippen LogP contribution in [0.1, 0.15) is 0 Å². The van der Waals surface area contributed by atoms with Gasteiger partial charge in [0.25, 0.3) is 0 Å². The van der Waals surface area contributed by atoms with E-state index in [1.54, 1.807) is 12.1 Å². The van der Waals surface area contributed by atoms with Crippen LogP contribution in [-0.2, 0) is 9.84 Å².